The van der Waals surface area contributed by atoms with Gasteiger partial charge in [-0.15, -0.1) is 11.8 Å². The highest BCUT2D eigenvalue weighted by Crippen LogP contribution is 2.28. The molecule has 0 heterocycles. The average Bonchev–Trinajstić information content (AvgIpc) is 2.89. The highest BCUT2D eigenvalue weighted by Gasteiger charge is 2.31. The van der Waals surface area contributed by atoms with E-state index in [1.165, 1.54) is 11.8 Å². The van der Waals surface area contributed by atoms with Crippen LogP contribution in [0.4, 0.5) is 0 Å². The van der Waals surface area contributed by atoms with Gasteiger partial charge >= 0.3 is 0 Å². The van der Waals surface area contributed by atoms with Crippen molar-refractivity contribution in [3.63, 3.8) is 0 Å². The molecule has 0 aromatic heterocycles. The van der Waals surface area contributed by atoms with E-state index in [-0.39, 0.29) is 24.1 Å². The predicted molar refractivity (Wildman–Crippen MR) is 156 cm³/mol. The molecule has 0 unspecified atom stereocenters. The second-order valence-corrected chi connectivity index (χ2v) is 10.9. The third kappa shape index (κ3) is 8.96. The first-order valence-electron chi connectivity index (χ1n) is 12.3. The van der Waals surface area contributed by atoms with E-state index in [4.69, 9.17) is 34.8 Å². The van der Waals surface area contributed by atoms with E-state index in [2.05, 4.69) is 12.2 Å². The van der Waals surface area contributed by atoms with Crippen molar-refractivity contribution < 1.29 is 9.59 Å². The first kappa shape index (κ1) is 29.4. The van der Waals surface area contributed by atoms with Crippen molar-refractivity contribution in [2.75, 3.05) is 12.3 Å². The van der Waals surface area contributed by atoms with E-state index in [1.54, 1.807) is 23.1 Å². The lowest BCUT2D eigenvalue weighted by molar-refractivity contribution is -0.139. The summed E-state index contributed by atoms with van der Waals surface area (Å²) >= 11 is 20.7. The summed E-state index contributed by atoms with van der Waals surface area (Å²) in [5.41, 5.74) is 2.54. The van der Waals surface area contributed by atoms with Crippen LogP contribution in [0.3, 0.4) is 0 Å². The van der Waals surface area contributed by atoms with Crippen LogP contribution < -0.4 is 5.32 Å². The number of benzene rings is 3. The zero-order chi connectivity index (χ0) is 26.6. The first-order chi connectivity index (χ1) is 17.9. The number of rotatable bonds is 13. The second kappa shape index (κ2) is 15.3. The van der Waals surface area contributed by atoms with E-state index in [9.17, 15) is 9.59 Å². The van der Waals surface area contributed by atoms with E-state index >= 15 is 0 Å². The van der Waals surface area contributed by atoms with E-state index in [0.29, 0.717) is 39.3 Å². The van der Waals surface area contributed by atoms with Gasteiger partial charge in [-0.1, -0.05) is 103 Å². The minimum absolute atomic E-state index is 0.128. The van der Waals surface area contributed by atoms with Crippen molar-refractivity contribution in [2.24, 2.45) is 0 Å². The summed E-state index contributed by atoms with van der Waals surface area (Å²) < 4.78 is 0. The number of nitrogens with zero attached hydrogens (tertiary/aromatic N) is 1. The molecule has 0 radical (unpaired) electrons. The molecule has 0 saturated carbocycles. The van der Waals surface area contributed by atoms with Crippen LogP contribution in [0.1, 0.15) is 36.5 Å². The number of halogens is 3. The Morgan fingerprint density at radius 1 is 0.892 bits per heavy atom. The molecule has 0 bridgehead atoms. The number of hydrogen-bond acceptors (Lipinski definition) is 3. The molecule has 0 aliphatic heterocycles. The Hall–Kier alpha value is -2.18. The molecule has 0 saturated heterocycles. The van der Waals surface area contributed by atoms with Crippen molar-refractivity contribution in [1.82, 2.24) is 10.2 Å². The summed E-state index contributed by atoms with van der Waals surface area (Å²) in [5.74, 6) is 0.406. The third-order valence-electron chi connectivity index (χ3n) is 5.93. The summed E-state index contributed by atoms with van der Waals surface area (Å²) in [6.45, 7) is 2.75. The minimum atomic E-state index is -0.722. The maximum Gasteiger partial charge on any atom is 0.243 e. The van der Waals surface area contributed by atoms with Gasteiger partial charge in [-0.05, 0) is 35.7 Å². The minimum Gasteiger partial charge on any atom is -0.354 e. The van der Waals surface area contributed by atoms with Crippen LogP contribution in [0.5, 0.6) is 0 Å². The summed E-state index contributed by atoms with van der Waals surface area (Å²) in [6, 6.07) is 21.8. The van der Waals surface area contributed by atoms with Gasteiger partial charge in [0, 0.05) is 45.9 Å². The summed E-state index contributed by atoms with van der Waals surface area (Å²) in [7, 11) is 0. The smallest absolute Gasteiger partial charge is 0.243 e. The van der Waals surface area contributed by atoms with Crippen LogP contribution in [-0.2, 0) is 28.3 Å². The van der Waals surface area contributed by atoms with Gasteiger partial charge < -0.3 is 10.2 Å². The molecule has 3 aromatic rings. The van der Waals surface area contributed by atoms with Crippen LogP contribution in [-0.4, -0.2) is 35.1 Å². The van der Waals surface area contributed by atoms with Crippen molar-refractivity contribution in [3.8, 4) is 0 Å². The molecule has 196 valence electrons. The third-order valence-corrected chi connectivity index (χ3v) is 7.97. The Labute approximate surface area is 238 Å². The SMILES string of the molecule is CCCCNC(=O)[C@@H](Cc1ccccc1)N(Cc1c(Cl)cccc1Cl)C(=O)CSCc1ccccc1Cl. The predicted octanol–water partition coefficient (Wildman–Crippen LogP) is 7.44. The van der Waals surface area contributed by atoms with Crippen molar-refractivity contribution in [1.29, 1.82) is 0 Å². The fraction of sp³-hybridized carbons (Fsp3) is 0.310. The van der Waals surface area contributed by atoms with Crippen LogP contribution in [0.15, 0.2) is 72.8 Å². The lowest BCUT2D eigenvalue weighted by Crippen LogP contribution is -2.51. The number of unbranched alkanes of at least 4 members (excludes halogenated alkanes) is 1. The Bertz CT molecular complexity index is 1160. The monoisotopic (exact) mass is 576 g/mol. The van der Waals surface area contributed by atoms with Gasteiger partial charge in [-0.25, -0.2) is 0 Å². The highest BCUT2D eigenvalue weighted by atomic mass is 35.5. The second-order valence-electron chi connectivity index (χ2n) is 8.66. The molecule has 1 N–H and O–H groups in total. The molecular formula is C29H31Cl3N2O2S. The van der Waals surface area contributed by atoms with Crippen LogP contribution in [0.2, 0.25) is 15.1 Å². The molecule has 0 aliphatic rings. The molecule has 3 rings (SSSR count). The van der Waals surface area contributed by atoms with Gasteiger partial charge in [0.15, 0.2) is 0 Å². The molecule has 1 atom stereocenters. The molecular weight excluding hydrogens is 547 g/mol. The topological polar surface area (TPSA) is 49.4 Å². The van der Waals surface area contributed by atoms with E-state index < -0.39 is 6.04 Å². The fourth-order valence-corrected chi connectivity index (χ4v) is 5.57. The number of hydrogen-bond donors (Lipinski definition) is 1. The molecule has 0 aliphatic carbocycles. The lowest BCUT2D eigenvalue weighted by atomic mass is 10.0. The molecule has 37 heavy (non-hydrogen) atoms. The number of nitrogens with one attached hydrogen (secondary N) is 1. The van der Waals surface area contributed by atoms with Crippen LogP contribution in [0, 0.1) is 0 Å². The lowest BCUT2D eigenvalue weighted by Gasteiger charge is -2.32. The maximum absolute atomic E-state index is 13.7. The normalized spacial score (nSPS) is 11.7. The summed E-state index contributed by atoms with van der Waals surface area (Å²) in [5, 5.41) is 4.60. The Morgan fingerprint density at radius 2 is 1.54 bits per heavy atom. The van der Waals surface area contributed by atoms with Crippen molar-refractivity contribution in [3.05, 3.63) is 105 Å². The molecule has 2 amide bonds. The van der Waals surface area contributed by atoms with Gasteiger partial charge in [0.1, 0.15) is 6.04 Å². The van der Waals surface area contributed by atoms with Crippen molar-refractivity contribution >= 4 is 58.4 Å². The van der Waals surface area contributed by atoms with Crippen LogP contribution >= 0.6 is 46.6 Å². The molecule has 8 heteroatoms. The number of carbonyl (C=O) groups is 2. The standard InChI is InChI=1S/C29H31Cl3N2O2S/c1-2-3-16-33-29(36)27(17-21-10-5-4-6-11-21)34(18-23-25(31)14-9-15-26(23)32)28(35)20-37-19-22-12-7-8-13-24(22)30/h4-15,27H,2-3,16-20H2,1H3,(H,33,36)/t27-/m1/s1. The molecule has 3 aromatic carbocycles. The molecule has 0 fully saturated rings. The van der Waals surface area contributed by atoms with Gasteiger partial charge in [0.2, 0.25) is 11.8 Å². The largest absolute Gasteiger partial charge is 0.354 e. The van der Waals surface area contributed by atoms with Gasteiger partial charge in [0.05, 0.1) is 5.75 Å². The summed E-state index contributed by atoms with van der Waals surface area (Å²) in [4.78, 5) is 28.8. The maximum atomic E-state index is 13.7. The highest BCUT2D eigenvalue weighted by molar-refractivity contribution is 7.99. The van der Waals surface area contributed by atoms with Crippen LogP contribution in [0.25, 0.3) is 0 Å². The van der Waals surface area contributed by atoms with E-state index in [1.807, 2.05) is 54.6 Å². The Kier molecular flexibility index (Phi) is 12.1. The van der Waals surface area contributed by atoms with Gasteiger partial charge in [-0.3, -0.25) is 9.59 Å². The van der Waals surface area contributed by atoms with Gasteiger partial charge in [0.25, 0.3) is 0 Å². The number of amides is 2. The Balaban J connectivity index is 1.88. The first-order valence-corrected chi connectivity index (χ1v) is 14.5. The molecule has 4 nitrogen and oxygen atoms in total. The number of thioether (sulfide) groups is 1. The quantitative estimate of drug-likeness (QED) is 0.215. The molecule has 0 spiro atoms. The Morgan fingerprint density at radius 3 is 2.22 bits per heavy atom. The fourth-order valence-electron chi connectivity index (χ4n) is 3.86. The zero-order valence-corrected chi connectivity index (χ0v) is 23.8. The van der Waals surface area contributed by atoms with Crippen molar-refractivity contribution in [2.45, 2.75) is 44.5 Å². The summed E-state index contributed by atoms with van der Waals surface area (Å²) in [6.07, 6.45) is 2.20. The van der Waals surface area contributed by atoms with Gasteiger partial charge in [-0.2, -0.15) is 0 Å². The average molecular weight is 578 g/mol. The number of carbonyl (C=O) groups excluding carboxylic acids is 2. The zero-order valence-electron chi connectivity index (χ0n) is 20.8. The van der Waals surface area contributed by atoms with E-state index in [0.717, 1.165) is 24.0 Å².